The molecule has 1 atom stereocenters. The first kappa shape index (κ1) is 14.4. The number of hydrogen-bond acceptors (Lipinski definition) is 3. The molecular weight excluding hydrogens is 258 g/mol. The molecule has 1 fully saturated rings. The smallest absolute Gasteiger partial charge is 0.0417 e. The van der Waals surface area contributed by atoms with Gasteiger partial charge >= 0.3 is 0 Å². The molecule has 1 unspecified atom stereocenters. The zero-order valence-corrected chi connectivity index (χ0v) is 13.2. The third-order valence-electron chi connectivity index (χ3n) is 3.66. The zero-order chi connectivity index (χ0) is 12.8. The molecule has 1 nitrogen and oxygen atoms in total. The second kappa shape index (κ2) is 7.56. The van der Waals surface area contributed by atoms with Gasteiger partial charge in [-0.25, -0.2) is 0 Å². The standard InChI is InChI=1S/C15H25NS2/c1-3-8-16-14(15-5-4-12(2)18-15)11-13-6-9-17-10-7-13/h4-5,13-14,16H,3,6-11H2,1-2H3. The average Bonchev–Trinajstić information content (AvgIpc) is 2.82. The van der Waals surface area contributed by atoms with Crippen LogP contribution in [0.25, 0.3) is 0 Å². The summed E-state index contributed by atoms with van der Waals surface area (Å²) in [5.74, 6) is 3.67. The van der Waals surface area contributed by atoms with Crippen molar-refractivity contribution in [3.05, 3.63) is 21.9 Å². The fraction of sp³-hybridized carbons (Fsp3) is 0.733. The minimum atomic E-state index is 0.594. The normalized spacial score (nSPS) is 19.0. The van der Waals surface area contributed by atoms with Crippen LogP contribution in [-0.4, -0.2) is 18.1 Å². The van der Waals surface area contributed by atoms with Gasteiger partial charge in [0, 0.05) is 15.8 Å². The van der Waals surface area contributed by atoms with Gasteiger partial charge < -0.3 is 5.32 Å². The summed E-state index contributed by atoms with van der Waals surface area (Å²) in [5.41, 5.74) is 0. The molecule has 1 aromatic heterocycles. The zero-order valence-electron chi connectivity index (χ0n) is 11.6. The molecule has 18 heavy (non-hydrogen) atoms. The van der Waals surface area contributed by atoms with E-state index in [0.29, 0.717) is 6.04 Å². The van der Waals surface area contributed by atoms with Crippen LogP contribution in [0.4, 0.5) is 0 Å². The summed E-state index contributed by atoms with van der Waals surface area (Å²) in [6, 6.07) is 5.18. The molecule has 2 heterocycles. The van der Waals surface area contributed by atoms with Crippen LogP contribution < -0.4 is 5.32 Å². The molecule has 3 heteroatoms. The summed E-state index contributed by atoms with van der Waals surface area (Å²) in [6.07, 6.45) is 5.39. The highest BCUT2D eigenvalue weighted by Gasteiger charge is 2.20. The van der Waals surface area contributed by atoms with Crippen molar-refractivity contribution in [2.24, 2.45) is 5.92 Å². The molecule has 0 bridgehead atoms. The average molecular weight is 284 g/mol. The Kier molecular flexibility index (Phi) is 6.06. The predicted molar refractivity (Wildman–Crippen MR) is 84.8 cm³/mol. The lowest BCUT2D eigenvalue weighted by atomic mass is 9.93. The summed E-state index contributed by atoms with van der Waals surface area (Å²) in [6.45, 7) is 5.60. The number of thiophene rings is 1. The van der Waals surface area contributed by atoms with Gasteiger partial charge in [0.2, 0.25) is 0 Å². The summed E-state index contributed by atoms with van der Waals surface area (Å²) in [4.78, 5) is 2.98. The molecule has 0 aliphatic carbocycles. The second-order valence-electron chi connectivity index (χ2n) is 5.25. The fourth-order valence-electron chi connectivity index (χ4n) is 2.57. The molecule has 1 aliphatic rings. The Morgan fingerprint density at radius 2 is 2.11 bits per heavy atom. The number of nitrogens with one attached hydrogen (secondary N) is 1. The SMILES string of the molecule is CCCNC(CC1CCSCC1)c1ccc(C)s1. The number of thioether (sulfide) groups is 1. The highest BCUT2D eigenvalue weighted by molar-refractivity contribution is 7.99. The van der Waals surface area contributed by atoms with Crippen molar-refractivity contribution in [3.8, 4) is 0 Å². The number of hydrogen-bond donors (Lipinski definition) is 1. The van der Waals surface area contributed by atoms with E-state index in [2.05, 4.69) is 43.1 Å². The van der Waals surface area contributed by atoms with Gasteiger partial charge in [0.15, 0.2) is 0 Å². The molecule has 102 valence electrons. The van der Waals surface area contributed by atoms with Crippen LogP contribution in [0.5, 0.6) is 0 Å². The van der Waals surface area contributed by atoms with Gasteiger partial charge in [-0.15, -0.1) is 11.3 Å². The van der Waals surface area contributed by atoms with Gasteiger partial charge in [0.25, 0.3) is 0 Å². The molecular formula is C15H25NS2. The Labute approximate surface area is 120 Å². The van der Waals surface area contributed by atoms with Crippen LogP contribution in [0.2, 0.25) is 0 Å². The van der Waals surface area contributed by atoms with Gasteiger partial charge in [-0.1, -0.05) is 6.92 Å². The molecule has 0 radical (unpaired) electrons. The van der Waals surface area contributed by atoms with Crippen LogP contribution in [0.15, 0.2) is 12.1 Å². The van der Waals surface area contributed by atoms with Crippen LogP contribution in [0.3, 0.4) is 0 Å². The van der Waals surface area contributed by atoms with E-state index in [4.69, 9.17) is 0 Å². The third kappa shape index (κ3) is 4.29. The van der Waals surface area contributed by atoms with Crippen LogP contribution in [-0.2, 0) is 0 Å². The van der Waals surface area contributed by atoms with E-state index < -0.39 is 0 Å². The summed E-state index contributed by atoms with van der Waals surface area (Å²) in [5, 5.41) is 3.75. The van der Waals surface area contributed by atoms with E-state index in [1.807, 2.05) is 11.3 Å². The van der Waals surface area contributed by atoms with Crippen molar-refractivity contribution in [1.82, 2.24) is 5.32 Å². The molecule has 0 saturated carbocycles. The van der Waals surface area contributed by atoms with E-state index in [1.165, 1.54) is 42.1 Å². The Balaban J connectivity index is 1.95. The van der Waals surface area contributed by atoms with Gasteiger partial charge in [-0.3, -0.25) is 0 Å². The second-order valence-corrected chi connectivity index (χ2v) is 7.79. The lowest BCUT2D eigenvalue weighted by Gasteiger charge is -2.26. The minimum absolute atomic E-state index is 0.594. The van der Waals surface area contributed by atoms with Gasteiger partial charge in [-0.05, 0) is 68.7 Å². The predicted octanol–water partition coefficient (Wildman–Crippen LogP) is 4.63. The maximum atomic E-state index is 3.75. The highest BCUT2D eigenvalue weighted by Crippen LogP contribution is 2.33. The summed E-state index contributed by atoms with van der Waals surface area (Å²) < 4.78 is 0. The van der Waals surface area contributed by atoms with Crippen molar-refractivity contribution in [2.75, 3.05) is 18.1 Å². The van der Waals surface area contributed by atoms with Crippen molar-refractivity contribution >= 4 is 23.1 Å². The lowest BCUT2D eigenvalue weighted by Crippen LogP contribution is -2.25. The molecule has 1 saturated heterocycles. The first-order valence-electron chi connectivity index (χ1n) is 7.17. The largest absolute Gasteiger partial charge is 0.309 e. The Morgan fingerprint density at radius 3 is 2.72 bits per heavy atom. The molecule has 1 aromatic rings. The topological polar surface area (TPSA) is 12.0 Å². The first-order chi connectivity index (χ1) is 8.79. The third-order valence-corrected chi connectivity index (χ3v) is 5.82. The summed E-state index contributed by atoms with van der Waals surface area (Å²) >= 11 is 4.09. The van der Waals surface area contributed by atoms with Crippen molar-refractivity contribution in [2.45, 2.75) is 45.6 Å². The van der Waals surface area contributed by atoms with E-state index in [1.54, 1.807) is 4.88 Å². The molecule has 1 N–H and O–H groups in total. The summed E-state index contributed by atoms with van der Waals surface area (Å²) in [7, 11) is 0. The van der Waals surface area contributed by atoms with Crippen LogP contribution in [0, 0.1) is 12.8 Å². The van der Waals surface area contributed by atoms with E-state index in [0.717, 1.165) is 12.5 Å². The van der Waals surface area contributed by atoms with Gasteiger partial charge in [0.1, 0.15) is 0 Å². The quantitative estimate of drug-likeness (QED) is 0.817. The van der Waals surface area contributed by atoms with Gasteiger partial charge in [-0.2, -0.15) is 11.8 Å². The molecule has 2 rings (SSSR count). The lowest BCUT2D eigenvalue weighted by molar-refractivity contribution is 0.373. The van der Waals surface area contributed by atoms with Crippen molar-refractivity contribution in [3.63, 3.8) is 0 Å². The monoisotopic (exact) mass is 283 g/mol. The maximum absolute atomic E-state index is 3.75. The molecule has 0 aromatic carbocycles. The first-order valence-corrected chi connectivity index (χ1v) is 9.14. The minimum Gasteiger partial charge on any atom is -0.309 e. The fourth-order valence-corrected chi connectivity index (χ4v) is 4.74. The van der Waals surface area contributed by atoms with Crippen molar-refractivity contribution < 1.29 is 0 Å². The Hall–Kier alpha value is 0.01000. The number of aryl methyl sites for hydroxylation is 1. The van der Waals surface area contributed by atoms with Crippen molar-refractivity contribution in [1.29, 1.82) is 0 Å². The highest BCUT2D eigenvalue weighted by atomic mass is 32.2. The van der Waals surface area contributed by atoms with E-state index in [9.17, 15) is 0 Å². The number of rotatable bonds is 6. The van der Waals surface area contributed by atoms with E-state index in [-0.39, 0.29) is 0 Å². The van der Waals surface area contributed by atoms with Gasteiger partial charge in [0.05, 0.1) is 0 Å². The molecule has 1 aliphatic heterocycles. The van der Waals surface area contributed by atoms with Crippen LogP contribution >= 0.6 is 23.1 Å². The van der Waals surface area contributed by atoms with Crippen LogP contribution in [0.1, 0.15) is 48.4 Å². The Bertz CT molecular complexity index is 342. The maximum Gasteiger partial charge on any atom is 0.0417 e. The Morgan fingerprint density at radius 1 is 1.33 bits per heavy atom. The van der Waals surface area contributed by atoms with E-state index >= 15 is 0 Å². The molecule has 0 amide bonds. The molecule has 0 spiro atoms.